The molecule has 0 aliphatic carbocycles. The number of imidazole rings is 1. The Kier molecular flexibility index (Phi) is 3.87. The standard InChI is InChI=1S/C17H13N5O2S/c23-15(11-22-16(24)2-1-7-18-22)19-13-5-3-12(4-6-13)14-10-21-8-9-25-17(21)20-14/h1-10H,11H2,(H,19,23). The van der Waals surface area contributed by atoms with Gasteiger partial charge in [0.1, 0.15) is 6.54 Å². The first-order valence-electron chi connectivity index (χ1n) is 7.54. The van der Waals surface area contributed by atoms with Crippen molar-refractivity contribution in [2.24, 2.45) is 0 Å². The molecule has 0 fully saturated rings. The smallest absolute Gasteiger partial charge is 0.267 e. The van der Waals surface area contributed by atoms with Crippen LogP contribution < -0.4 is 10.9 Å². The molecule has 8 heteroatoms. The van der Waals surface area contributed by atoms with E-state index >= 15 is 0 Å². The molecule has 1 aromatic carbocycles. The third-order valence-electron chi connectivity index (χ3n) is 3.64. The molecule has 0 atom stereocenters. The minimum atomic E-state index is -0.312. The van der Waals surface area contributed by atoms with Gasteiger partial charge in [-0.3, -0.25) is 14.0 Å². The van der Waals surface area contributed by atoms with Gasteiger partial charge in [0.15, 0.2) is 4.96 Å². The number of benzene rings is 1. The summed E-state index contributed by atoms with van der Waals surface area (Å²) in [6.45, 7) is -0.126. The summed E-state index contributed by atoms with van der Waals surface area (Å²) < 4.78 is 3.09. The first-order chi connectivity index (χ1) is 12.2. The number of hydrogen-bond acceptors (Lipinski definition) is 5. The van der Waals surface area contributed by atoms with Crippen LogP contribution in [0, 0.1) is 0 Å². The fourth-order valence-corrected chi connectivity index (χ4v) is 3.13. The van der Waals surface area contributed by atoms with Crippen molar-refractivity contribution in [2.45, 2.75) is 6.54 Å². The number of anilines is 1. The topological polar surface area (TPSA) is 81.3 Å². The Labute approximate surface area is 146 Å². The predicted molar refractivity (Wildman–Crippen MR) is 95.6 cm³/mol. The Balaban J connectivity index is 1.47. The number of amides is 1. The van der Waals surface area contributed by atoms with E-state index in [-0.39, 0.29) is 18.0 Å². The zero-order valence-corrected chi connectivity index (χ0v) is 13.8. The molecule has 7 nitrogen and oxygen atoms in total. The number of thiazole rings is 1. The molecule has 1 amide bonds. The van der Waals surface area contributed by atoms with Gasteiger partial charge in [-0.25, -0.2) is 9.67 Å². The highest BCUT2D eigenvalue weighted by Crippen LogP contribution is 2.23. The highest BCUT2D eigenvalue weighted by molar-refractivity contribution is 7.15. The maximum absolute atomic E-state index is 12.0. The van der Waals surface area contributed by atoms with Crippen LogP contribution in [0.2, 0.25) is 0 Å². The van der Waals surface area contributed by atoms with E-state index in [0.717, 1.165) is 20.9 Å². The van der Waals surface area contributed by atoms with Gasteiger partial charge in [0, 0.05) is 41.3 Å². The fourth-order valence-electron chi connectivity index (χ4n) is 2.43. The van der Waals surface area contributed by atoms with Crippen LogP contribution in [0.1, 0.15) is 0 Å². The summed E-state index contributed by atoms with van der Waals surface area (Å²) in [6.07, 6.45) is 5.40. The molecule has 0 spiro atoms. The van der Waals surface area contributed by atoms with Crippen LogP contribution in [0.25, 0.3) is 16.2 Å². The van der Waals surface area contributed by atoms with Crippen LogP contribution in [0.3, 0.4) is 0 Å². The Morgan fingerprint density at radius 1 is 1.20 bits per heavy atom. The van der Waals surface area contributed by atoms with Crippen molar-refractivity contribution >= 4 is 27.9 Å². The highest BCUT2D eigenvalue weighted by atomic mass is 32.1. The SMILES string of the molecule is O=C(Cn1ncccc1=O)Nc1ccc(-c2cn3ccsc3n2)cc1. The Hall–Kier alpha value is -3.26. The van der Waals surface area contributed by atoms with E-state index in [0.29, 0.717) is 5.69 Å². The van der Waals surface area contributed by atoms with Crippen molar-refractivity contribution in [3.63, 3.8) is 0 Å². The predicted octanol–water partition coefficient (Wildman–Crippen LogP) is 2.26. The van der Waals surface area contributed by atoms with E-state index in [9.17, 15) is 9.59 Å². The van der Waals surface area contributed by atoms with Crippen LogP contribution in [0.4, 0.5) is 5.69 Å². The molecule has 124 valence electrons. The van der Waals surface area contributed by atoms with Gasteiger partial charge in [0.25, 0.3) is 5.56 Å². The maximum Gasteiger partial charge on any atom is 0.267 e. The van der Waals surface area contributed by atoms with Crippen molar-refractivity contribution in [2.75, 3.05) is 5.32 Å². The van der Waals surface area contributed by atoms with Crippen LogP contribution >= 0.6 is 11.3 Å². The van der Waals surface area contributed by atoms with E-state index in [1.165, 1.54) is 18.3 Å². The molecule has 0 saturated heterocycles. The third-order valence-corrected chi connectivity index (χ3v) is 4.41. The number of carbonyl (C=O) groups is 1. The molecular formula is C17H13N5O2S. The summed E-state index contributed by atoms with van der Waals surface area (Å²) >= 11 is 1.58. The first-order valence-corrected chi connectivity index (χ1v) is 8.42. The Morgan fingerprint density at radius 2 is 2.04 bits per heavy atom. The molecule has 0 radical (unpaired) electrons. The van der Waals surface area contributed by atoms with Crippen molar-refractivity contribution in [1.29, 1.82) is 0 Å². The molecule has 0 aliphatic rings. The van der Waals surface area contributed by atoms with Gasteiger partial charge in [0.2, 0.25) is 5.91 Å². The van der Waals surface area contributed by atoms with Crippen LogP contribution in [-0.4, -0.2) is 25.1 Å². The van der Waals surface area contributed by atoms with Crippen molar-refractivity contribution in [3.05, 3.63) is 70.7 Å². The second-order valence-electron chi connectivity index (χ2n) is 5.36. The van der Waals surface area contributed by atoms with Gasteiger partial charge in [0.05, 0.1) is 5.69 Å². The average molecular weight is 351 g/mol. The monoisotopic (exact) mass is 351 g/mol. The Bertz CT molecular complexity index is 1070. The maximum atomic E-state index is 12.0. The zero-order valence-electron chi connectivity index (χ0n) is 13.0. The fraction of sp³-hybridized carbons (Fsp3) is 0.0588. The average Bonchev–Trinajstić information content (AvgIpc) is 3.19. The molecule has 0 unspecified atom stereocenters. The van der Waals surface area contributed by atoms with E-state index < -0.39 is 0 Å². The zero-order chi connectivity index (χ0) is 17.2. The highest BCUT2D eigenvalue weighted by Gasteiger charge is 2.08. The summed E-state index contributed by atoms with van der Waals surface area (Å²) in [5.74, 6) is -0.309. The molecule has 3 aromatic heterocycles. The lowest BCUT2D eigenvalue weighted by Gasteiger charge is -2.06. The van der Waals surface area contributed by atoms with Gasteiger partial charge in [-0.1, -0.05) is 12.1 Å². The molecule has 4 aromatic rings. The second-order valence-corrected chi connectivity index (χ2v) is 6.24. The molecule has 0 saturated carbocycles. The van der Waals surface area contributed by atoms with E-state index in [1.807, 2.05) is 46.4 Å². The molecule has 3 heterocycles. The molecule has 1 N–H and O–H groups in total. The lowest BCUT2D eigenvalue weighted by atomic mass is 10.1. The Morgan fingerprint density at radius 3 is 2.80 bits per heavy atom. The summed E-state index contributed by atoms with van der Waals surface area (Å²) in [5.41, 5.74) is 2.19. The van der Waals surface area contributed by atoms with Gasteiger partial charge < -0.3 is 5.32 Å². The summed E-state index contributed by atoms with van der Waals surface area (Å²) in [7, 11) is 0. The number of carbonyl (C=O) groups excluding carboxylic acids is 1. The largest absolute Gasteiger partial charge is 0.324 e. The number of nitrogens with zero attached hydrogens (tertiary/aromatic N) is 4. The number of nitrogens with one attached hydrogen (secondary N) is 1. The number of rotatable bonds is 4. The minimum Gasteiger partial charge on any atom is -0.324 e. The normalized spacial score (nSPS) is 10.9. The number of fused-ring (bicyclic) bond motifs is 1. The van der Waals surface area contributed by atoms with Crippen molar-refractivity contribution in [1.82, 2.24) is 19.2 Å². The van der Waals surface area contributed by atoms with Crippen LogP contribution in [0.15, 0.2) is 65.2 Å². The van der Waals surface area contributed by atoms with Crippen LogP contribution in [0.5, 0.6) is 0 Å². The summed E-state index contributed by atoms with van der Waals surface area (Å²) in [5, 5.41) is 8.60. The van der Waals surface area contributed by atoms with Gasteiger partial charge >= 0.3 is 0 Å². The lowest BCUT2D eigenvalue weighted by molar-refractivity contribution is -0.117. The number of aromatic nitrogens is 4. The van der Waals surface area contributed by atoms with Gasteiger partial charge in [-0.2, -0.15) is 5.10 Å². The van der Waals surface area contributed by atoms with Crippen LogP contribution in [-0.2, 0) is 11.3 Å². The molecule has 0 aliphatic heterocycles. The van der Waals surface area contributed by atoms with E-state index in [2.05, 4.69) is 15.4 Å². The van der Waals surface area contributed by atoms with Crippen molar-refractivity contribution < 1.29 is 4.79 Å². The second kappa shape index (κ2) is 6.33. The molecule has 25 heavy (non-hydrogen) atoms. The minimum absolute atomic E-state index is 0.126. The first kappa shape index (κ1) is 15.3. The van der Waals surface area contributed by atoms with E-state index in [1.54, 1.807) is 11.3 Å². The molecular weight excluding hydrogens is 338 g/mol. The molecule has 4 rings (SSSR count). The third kappa shape index (κ3) is 3.20. The molecule has 0 bridgehead atoms. The van der Waals surface area contributed by atoms with Gasteiger partial charge in [-0.15, -0.1) is 11.3 Å². The summed E-state index contributed by atoms with van der Waals surface area (Å²) in [6, 6.07) is 10.3. The van der Waals surface area contributed by atoms with Crippen molar-refractivity contribution in [3.8, 4) is 11.3 Å². The van der Waals surface area contributed by atoms with E-state index in [4.69, 9.17) is 0 Å². The summed E-state index contributed by atoms with van der Waals surface area (Å²) in [4.78, 5) is 29.1. The quantitative estimate of drug-likeness (QED) is 0.611. The van der Waals surface area contributed by atoms with Gasteiger partial charge in [-0.05, 0) is 18.2 Å². The number of hydrogen-bond donors (Lipinski definition) is 1. The lowest BCUT2D eigenvalue weighted by Crippen LogP contribution is -2.28.